The zero-order valence-electron chi connectivity index (χ0n) is 22.5. The highest BCUT2D eigenvalue weighted by atomic mass is 32.2. The third kappa shape index (κ3) is 5.22. The molecule has 3 aromatic rings. The van der Waals surface area contributed by atoms with Gasteiger partial charge in [-0.1, -0.05) is 24.3 Å². The van der Waals surface area contributed by atoms with Gasteiger partial charge in [0.2, 0.25) is 0 Å². The number of ether oxygens (including phenoxy) is 2. The molecule has 2 aliphatic rings. The van der Waals surface area contributed by atoms with E-state index in [1.807, 2.05) is 74.5 Å². The molecule has 7 heteroatoms. The molecule has 0 fully saturated rings. The van der Waals surface area contributed by atoms with Crippen LogP contribution in [0.15, 0.2) is 59.5 Å². The van der Waals surface area contributed by atoms with Gasteiger partial charge in [0.05, 0.1) is 22.8 Å². The largest absolute Gasteiger partial charge is 0.493 e. The second kappa shape index (κ2) is 10.5. The number of rotatable bonds is 6. The maximum Gasteiger partial charge on any atom is 0.337 e. The number of aryl methyl sites for hydroxylation is 2. The standard InChI is InChI=1S/C31H35NO5S/c1-20-18-25-24(13-8-16-32(25)38(35)23-11-6-5-7-12-23)28(29(30(33)34)37-31(2,3)4)27(20)22-14-15-26-21(19-22)10-9-17-36-26/h5-7,11-12,14-15,18-19,29H,8-10,13,16-17H2,1-4H3,(H,33,34). The lowest BCUT2D eigenvalue weighted by Crippen LogP contribution is -2.34. The molecule has 2 aliphatic heterocycles. The maximum atomic E-state index is 13.7. The highest BCUT2D eigenvalue weighted by Gasteiger charge is 2.36. The van der Waals surface area contributed by atoms with Gasteiger partial charge in [-0.25, -0.2) is 9.00 Å². The molecule has 0 aliphatic carbocycles. The van der Waals surface area contributed by atoms with Crippen molar-refractivity contribution in [3.63, 3.8) is 0 Å². The Morgan fingerprint density at radius 1 is 1.08 bits per heavy atom. The fourth-order valence-electron chi connectivity index (χ4n) is 5.48. The van der Waals surface area contributed by atoms with Crippen molar-refractivity contribution in [2.24, 2.45) is 0 Å². The van der Waals surface area contributed by atoms with Crippen molar-refractivity contribution in [3.05, 3.63) is 76.9 Å². The van der Waals surface area contributed by atoms with E-state index in [-0.39, 0.29) is 0 Å². The van der Waals surface area contributed by atoms with Crippen LogP contribution in [0.25, 0.3) is 11.1 Å². The molecule has 2 heterocycles. The lowest BCUT2D eigenvalue weighted by molar-refractivity contribution is -0.160. The maximum absolute atomic E-state index is 13.7. The zero-order chi connectivity index (χ0) is 27.0. The number of anilines is 1. The fourth-order valence-corrected chi connectivity index (χ4v) is 6.76. The second-order valence-corrected chi connectivity index (χ2v) is 12.4. The quantitative estimate of drug-likeness (QED) is 0.397. The van der Waals surface area contributed by atoms with Crippen LogP contribution in [-0.2, 0) is 33.4 Å². The Morgan fingerprint density at radius 2 is 1.84 bits per heavy atom. The average Bonchev–Trinajstić information content (AvgIpc) is 2.90. The lowest BCUT2D eigenvalue weighted by Gasteiger charge is -2.35. The van der Waals surface area contributed by atoms with Crippen LogP contribution in [0, 0.1) is 6.92 Å². The summed E-state index contributed by atoms with van der Waals surface area (Å²) in [5.41, 5.74) is 5.58. The van der Waals surface area contributed by atoms with Crippen molar-refractivity contribution in [3.8, 4) is 16.9 Å². The van der Waals surface area contributed by atoms with Crippen molar-refractivity contribution in [1.29, 1.82) is 0 Å². The van der Waals surface area contributed by atoms with Crippen molar-refractivity contribution >= 4 is 22.6 Å². The third-order valence-corrected chi connectivity index (χ3v) is 8.46. The van der Waals surface area contributed by atoms with Gasteiger partial charge in [0.1, 0.15) is 5.75 Å². The van der Waals surface area contributed by atoms with Gasteiger partial charge in [0.25, 0.3) is 0 Å². The van der Waals surface area contributed by atoms with Crippen LogP contribution < -0.4 is 9.04 Å². The van der Waals surface area contributed by atoms with Crippen LogP contribution in [0.4, 0.5) is 5.69 Å². The van der Waals surface area contributed by atoms with Gasteiger partial charge in [-0.2, -0.15) is 0 Å². The summed E-state index contributed by atoms with van der Waals surface area (Å²) in [5.74, 6) is -0.140. The molecule has 2 unspecified atom stereocenters. The van der Waals surface area contributed by atoms with E-state index in [4.69, 9.17) is 9.47 Å². The number of carboxylic acid groups (broad SMARTS) is 1. The van der Waals surface area contributed by atoms with Gasteiger partial charge in [-0.3, -0.25) is 4.31 Å². The number of hydrogen-bond acceptors (Lipinski definition) is 4. The first-order valence-corrected chi connectivity index (χ1v) is 14.3. The van der Waals surface area contributed by atoms with Crippen LogP contribution in [0.1, 0.15) is 62.0 Å². The van der Waals surface area contributed by atoms with E-state index in [9.17, 15) is 14.1 Å². The molecule has 2 atom stereocenters. The summed E-state index contributed by atoms with van der Waals surface area (Å²) in [6.07, 6.45) is 2.16. The Morgan fingerprint density at radius 3 is 2.55 bits per heavy atom. The predicted molar refractivity (Wildman–Crippen MR) is 150 cm³/mol. The van der Waals surface area contributed by atoms with Gasteiger partial charge in [0, 0.05) is 12.1 Å². The van der Waals surface area contributed by atoms with Crippen molar-refractivity contribution in [2.75, 3.05) is 17.5 Å². The molecule has 1 N–H and O–H groups in total. The minimum atomic E-state index is -1.42. The number of carbonyl (C=O) groups is 1. The van der Waals surface area contributed by atoms with Crippen molar-refractivity contribution < 1.29 is 23.6 Å². The highest BCUT2D eigenvalue weighted by Crippen LogP contribution is 2.45. The topological polar surface area (TPSA) is 76.1 Å². The monoisotopic (exact) mass is 533 g/mol. The Labute approximate surface area is 227 Å². The predicted octanol–water partition coefficient (Wildman–Crippen LogP) is 6.40. The van der Waals surface area contributed by atoms with Gasteiger partial charge < -0.3 is 14.6 Å². The summed E-state index contributed by atoms with van der Waals surface area (Å²) in [5, 5.41) is 10.5. The smallest absolute Gasteiger partial charge is 0.337 e. The molecular formula is C31H35NO5S. The summed E-state index contributed by atoms with van der Waals surface area (Å²) in [7, 11) is -1.42. The Bertz CT molecular complexity index is 1380. The van der Waals surface area contributed by atoms with E-state index in [0.29, 0.717) is 25.1 Å². The molecular weight excluding hydrogens is 498 g/mol. The third-order valence-electron chi connectivity index (χ3n) is 7.01. The van der Waals surface area contributed by atoms with Gasteiger partial charge in [0.15, 0.2) is 17.1 Å². The first-order chi connectivity index (χ1) is 18.1. The number of carboxylic acids is 1. The van der Waals surface area contributed by atoms with Crippen molar-refractivity contribution in [2.45, 2.75) is 70.0 Å². The van der Waals surface area contributed by atoms with Crippen LogP contribution in [0.2, 0.25) is 0 Å². The molecule has 0 radical (unpaired) electrons. The number of hydrogen-bond donors (Lipinski definition) is 1. The Kier molecular flexibility index (Phi) is 7.34. The van der Waals surface area contributed by atoms with E-state index in [0.717, 1.165) is 63.4 Å². The molecule has 5 rings (SSSR count). The zero-order valence-corrected chi connectivity index (χ0v) is 23.3. The van der Waals surface area contributed by atoms with Crippen LogP contribution >= 0.6 is 0 Å². The Hall–Kier alpha value is -3.16. The Balaban J connectivity index is 1.73. The molecule has 38 heavy (non-hydrogen) atoms. The molecule has 0 bridgehead atoms. The van der Waals surface area contributed by atoms with Gasteiger partial charge in [-0.05, 0) is 112 Å². The van der Waals surface area contributed by atoms with Crippen LogP contribution in [-0.4, -0.2) is 34.0 Å². The van der Waals surface area contributed by atoms with Crippen LogP contribution in [0.3, 0.4) is 0 Å². The van der Waals surface area contributed by atoms with E-state index < -0.39 is 28.7 Å². The minimum Gasteiger partial charge on any atom is -0.493 e. The number of nitrogens with zero attached hydrogens (tertiary/aromatic N) is 1. The average molecular weight is 534 g/mol. The van der Waals surface area contributed by atoms with Gasteiger partial charge >= 0.3 is 5.97 Å². The minimum absolute atomic E-state index is 0.626. The fraction of sp³-hybridized carbons (Fsp3) is 0.387. The van der Waals surface area contributed by atoms with E-state index in [1.54, 1.807) is 0 Å². The highest BCUT2D eigenvalue weighted by molar-refractivity contribution is 7.86. The summed E-state index contributed by atoms with van der Waals surface area (Å²) in [4.78, 5) is 13.5. The van der Waals surface area contributed by atoms with E-state index >= 15 is 0 Å². The number of aliphatic carboxylic acids is 1. The molecule has 6 nitrogen and oxygen atoms in total. The normalized spacial score (nSPS) is 16.7. The molecule has 0 aromatic heterocycles. The molecule has 200 valence electrons. The van der Waals surface area contributed by atoms with Gasteiger partial charge in [-0.15, -0.1) is 0 Å². The number of fused-ring (bicyclic) bond motifs is 2. The first-order valence-electron chi connectivity index (χ1n) is 13.2. The molecule has 3 aromatic carbocycles. The molecule has 0 saturated heterocycles. The molecule has 0 saturated carbocycles. The van der Waals surface area contributed by atoms with E-state index in [1.165, 1.54) is 0 Å². The summed E-state index contributed by atoms with van der Waals surface area (Å²) >= 11 is 0. The first kappa shape index (κ1) is 26.4. The lowest BCUT2D eigenvalue weighted by atomic mass is 9.83. The number of benzene rings is 3. The SMILES string of the molecule is Cc1cc2c(c(C(OC(C)(C)C)C(=O)O)c1-c1ccc3c(c1)CCCO3)CCCN2S(=O)c1ccccc1. The molecule has 0 amide bonds. The molecule has 0 spiro atoms. The summed E-state index contributed by atoms with van der Waals surface area (Å²) < 4.78 is 27.7. The van der Waals surface area contributed by atoms with Crippen molar-refractivity contribution in [1.82, 2.24) is 0 Å². The summed E-state index contributed by atoms with van der Waals surface area (Å²) in [6.45, 7) is 8.96. The van der Waals surface area contributed by atoms with E-state index in [2.05, 4.69) is 12.1 Å². The second-order valence-electron chi connectivity index (χ2n) is 11.0. The summed E-state index contributed by atoms with van der Waals surface area (Å²) in [6, 6.07) is 17.6. The van der Waals surface area contributed by atoms with Crippen LogP contribution in [0.5, 0.6) is 5.75 Å².